The number of rotatable bonds is 3. The van der Waals surface area contributed by atoms with Gasteiger partial charge in [-0.2, -0.15) is 0 Å². The van der Waals surface area contributed by atoms with Crippen molar-refractivity contribution in [1.82, 2.24) is 5.32 Å². The molecule has 0 aromatic carbocycles. The van der Waals surface area contributed by atoms with Gasteiger partial charge in [-0.3, -0.25) is 4.79 Å². The van der Waals surface area contributed by atoms with E-state index in [9.17, 15) is 4.79 Å². The van der Waals surface area contributed by atoms with Crippen LogP contribution in [-0.2, 0) is 4.74 Å². The van der Waals surface area contributed by atoms with Crippen molar-refractivity contribution in [2.75, 3.05) is 18.5 Å². The summed E-state index contributed by atoms with van der Waals surface area (Å²) in [6, 6.07) is 1.84. The Balaban J connectivity index is 2.12. The Bertz CT molecular complexity index is 443. The maximum Gasteiger partial charge on any atom is 0.253 e. The number of ether oxygens (including phenoxy) is 1. The first kappa shape index (κ1) is 15.0. The largest absolute Gasteiger partial charge is 0.381 e. The summed E-state index contributed by atoms with van der Waals surface area (Å²) in [7, 11) is 0. The van der Waals surface area contributed by atoms with Crippen LogP contribution in [0.5, 0.6) is 0 Å². The normalized spacial score (nSPS) is 18.6. The van der Waals surface area contributed by atoms with Crippen molar-refractivity contribution in [2.45, 2.75) is 18.4 Å². The minimum absolute atomic E-state index is 0.0369. The summed E-state index contributed by atoms with van der Waals surface area (Å²) in [5, 5.41) is 3.89. The van der Waals surface area contributed by atoms with Crippen molar-refractivity contribution in [3.8, 4) is 0 Å². The van der Waals surface area contributed by atoms with Gasteiger partial charge in [0.1, 0.15) is 0 Å². The number of thiophene rings is 1. The lowest BCUT2D eigenvalue weighted by Crippen LogP contribution is -2.53. The fourth-order valence-corrected chi connectivity index (χ4v) is 5.35. The van der Waals surface area contributed by atoms with Crippen LogP contribution in [0.1, 0.15) is 23.2 Å². The molecule has 0 saturated carbocycles. The van der Waals surface area contributed by atoms with Crippen molar-refractivity contribution in [3.63, 3.8) is 0 Å². The summed E-state index contributed by atoms with van der Waals surface area (Å²) in [6.07, 6.45) is 1.68. The third-order valence-corrected chi connectivity index (χ3v) is 6.40. The molecule has 1 amide bonds. The van der Waals surface area contributed by atoms with Gasteiger partial charge < -0.3 is 10.1 Å². The van der Waals surface area contributed by atoms with E-state index in [4.69, 9.17) is 4.74 Å². The Labute approximate surface area is 135 Å². The van der Waals surface area contributed by atoms with Gasteiger partial charge >= 0.3 is 0 Å². The van der Waals surface area contributed by atoms with Crippen molar-refractivity contribution in [1.29, 1.82) is 0 Å². The molecule has 0 unspecified atom stereocenters. The van der Waals surface area contributed by atoms with Gasteiger partial charge in [0.05, 0.1) is 18.7 Å². The number of carbonyl (C=O) groups is 1. The molecule has 7 heteroatoms. The topological polar surface area (TPSA) is 38.3 Å². The van der Waals surface area contributed by atoms with Crippen molar-refractivity contribution in [3.05, 3.63) is 19.2 Å². The molecule has 1 aromatic heterocycles. The van der Waals surface area contributed by atoms with Gasteiger partial charge in [0.25, 0.3) is 5.91 Å². The van der Waals surface area contributed by atoms with Gasteiger partial charge in [-0.1, -0.05) is 15.9 Å². The van der Waals surface area contributed by atoms with Gasteiger partial charge in [0, 0.05) is 18.5 Å². The number of hydrogen-bond acceptors (Lipinski definition) is 3. The molecular weight excluding hydrogens is 450 g/mol. The lowest BCUT2D eigenvalue weighted by atomic mass is 9.92. The maximum absolute atomic E-state index is 12.3. The zero-order valence-electron chi connectivity index (χ0n) is 9.47. The molecule has 0 spiro atoms. The zero-order chi connectivity index (χ0) is 13.2. The number of carbonyl (C=O) groups excluding carboxylic acids is 1. The van der Waals surface area contributed by atoms with Crippen LogP contribution >= 0.6 is 59.1 Å². The van der Waals surface area contributed by atoms with E-state index in [0.29, 0.717) is 18.8 Å². The molecule has 2 rings (SSSR count). The Kier molecular flexibility index (Phi) is 5.28. The molecule has 0 radical (unpaired) electrons. The molecule has 3 nitrogen and oxygen atoms in total. The Morgan fingerprint density at radius 2 is 2.11 bits per heavy atom. The molecular formula is C11H12Br3NO2S. The van der Waals surface area contributed by atoms with Crippen LogP contribution in [-0.4, -0.2) is 30.0 Å². The molecule has 2 heterocycles. The molecule has 1 N–H and O–H groups in total. The molecule has 1 aromatic rings. The predicted octanol–water partition coefficient (Wildman–Crippen LogP) is 3.95. The summed E-state index contributed by atoms with van der Waals surface area (Å²) in [5.41, 5.74) is 0.488. The van der Waals surface area contributed by atoms with Gasteiger partial charge in [-0.15, -0.1) is 11.3 Å². The standard InChI is InChI=1S/C11H12Br3NO2S/c12-6-11(1-3-17-4-2-11)15-10(16)7-5-8(13)18-9(7)14/h5H,1-4,6H2,(H,15,16). The molecule has 0 atom stereocenters. The van der Waals surface area contributed by atoms with Gasteiger partial charge in [0.15, 0.2) is 0 Å². The van der Waals surface area contributed by atoms with E-state index in [0.717, 1.165) is 25.7 Å². The van der Waals surface area contributed by atoms with Crippen LogP contribution in [0.15, 0.2) is 13.6 Å². The summed E-state index contributed by atoms with van der Waals surface area (Å²) in [4.78, 5) is 12.3. The third-order valence-electron chi connectivity index (χ3n) is 2.99. The lowest BCUT2D eigenvalue weighted by molar-refractivity contribution is 0.0442. The number of amides is 1. The number of nitrogens with one attached hydrogen (secondary N) is 1. The monoisotopic (exact) mass is 459 g/mol. The quantitative estimate of drug-likeness (QED) is 0.692. The Morgan fingerprint density at radius 1 is 1.44 bits per heavy atom. The highest BCUT2D eigenvalue weighted by Crippen LogP contribution is 2.32. The zero-order valence-corrected chi connectivity index (χ0v) is 15.0. The fraction of sp³-hybridized carbons (Fsp3) is 0.545. The average molecular weight is 462 g/mol. The Morgan fingerprint density at radius 3 is 2.61 bits per heavy atom. The van der Waals surface area contributed by atoms with E-state index in [1.54, 1.807) is 0 Å². The highest BCUT2D eigenvalue weighted by molar-refractivity contribution is 9.12. The van der Waals surface area contributed by atoms with Crippen LogP contribution in [0, 0.1) is 0 Å². The van der Waals surface area contributed by atoms with Gasteiger partial charge in [-0.05, 0) is 50.8 Å². The van der Waals surface area contributed by atoms with Crippen LogP contribution in [0.25, 0.3) is 0 Å². The van der Waals surface area contributed by atoms with E-state index in [1.165, 1.54) is 11.3 Å². The first-order valence-electron chi connectivity index (χ1n) is 5.47. The number of alkyl halides is 1. The van der Waals surface area contributed by atoms with E-state index < -0.39 is 0 Å². The smallest absolute Gasteiger partial charge is 0.253 e. The van der Waals surface area contributed by atoms with Crippen LogP contribution < -0.4 is 5.32 Å². The molecule has 18 heavy (non-hydrogen) atoms. The number of hydrogen-bond donors (Lipinski definition) is 1. The molecule has 0 bridgehead atoms. The number of halogens is 3. The average Bonchev–Trinajstić information content (AvgIpc) is 2.70. The van der Waals surface area contributed by atoms with E-state index in [2.05, 4.69) is 53.1 Å². The van der Waals surface area contributed by atoms with Crippen LogP contribution in [0.3, 0.4) is 0 Å². The first-order chi connectivity index (χ1) is 8.56. The van der Waals surface area contributed by atoms with Crippen LogP contribution in [0.2, 0.25) is 0 Å². The van der Waals surface area contributed by atoms with Crippen molar-refractivity contribution < 1.29 is 9.53 Å². The highest BCUT2D eigenvalue weighted by Gasteiger charge is 2.33. The molecule has 0 aliphatic carbocycles. The first-order valence-corrected chi connectivity index (χ1v) is 9.00. The molecule has 1 aliphatic rings. The van der Waals surface area contributed by atoms with Crippen molar-refractivity contribution in [2.24, 2.45) is 0 Å². The second-order valence-corrected chi connectivity index (χ2v) is 8.53. The molecule has 1 aliphatic heterocycles. The second-order valence-electron chi connectivity index (χ2n) is 4.22. The summed E-state index contributed by atoms with van der Waals surface area (Å²) < 4.78 is 7.15. The second kappa shape index (κ2) is 6.35. The molecule has 100 valence electrons. The summed E-state index contributed by atoms with van der Waals surface area (Å²) in [5.74, 6) is -0.0369. The maximum atomic E-state index is 12.3. The van der Waals surface area contributed by atoms with Crippen molar-refractivity contribution >= 4 is 65.0 Å². The van der Waals surface area contributed by atoms with Gasteiger partial charge in [-0.25, -0.2) is 0 Å². The van der Waals surface area contributed by atoms with Gasteiger partial charge in [0.2, 0.25) is 0 Å². The molecule has 1 fully saturated rings. The lowest BCUT2D eigenvalue weighted by Gasteiger charge is -2.36. The SMILES string of the molecule is O=C(NC1(CBr)CCOCC1)c1cc(Br)sc1Br. The minimum atomic E-state index is -0.191. The third kappa shape index (κ3) is 3.36. The summed E-state index contributed by atoms with van der Waals surface area (Å²) in [6.45, 7) is 1.39. The molecule has 1 saturated heterocycles. The van der Waals surface area contributed by atoms with Crippen LogP contribution in [0.4, 0.5) is 0 Å². The summed E-state index contributed by atoms with van der Waals surface area (Å²) >= 11 is 11.8. The fourth-order valence-electron chi connectivity index (χ4n) is 1.86. The van der Waals surface area contributed by atoms with E-state index in [-0.39, 0.29) is 11.4 Å². The van der Waals surface area contributed by atoms with E-state index >= 15 is 0 Å². The minimum Gasteiger partial charge on any atom is -0.381 e. The van der Waals surface area contributed by atoms with E-state index in [1.807, 2.05) is 6.07 Å². The Hall–Kier alpha value is 0.570. The highest BCUT2D eigenvalue weighted by atomic mass is 79.9. The predicted molar refractivity (Wildman–Crippen MR) is 83.8 cm³/mol.